The zero-order valence-corrected chi connectivity index (χ0v) is 16.9. The SMILES string of the molecule is CC.CC(C)(C)OC(=O)NCc1cc(C(F)(F)F)nn1NC(=O)c1ccccc1. The highest BCUT2D eigenvalue weighted by Crippen LogP contribution is 2.28. The summed E-state index contributed by atoms with van der Waals surface area (Å²) in [5.74, 6) is -0.647. The van der Waals surface area contributed by atoms with E-state index in [4.69, 9.17) is 4.74 Å². The molecule has 0 aliphatic carbocycles. The number of halogens is 3. The number of benzene rings is 1. The zero-order valence-electron chi connectivity index (χ0n) is 16.9. The van der Waals surface area contributed by atoms with Crippen LogP contribution >= 0.6 is 0 Å². The maximum absolute atomic E-state index is 13.0. The Kier molecular flexibility index (Phi) is 8.23. The van der Waals surface area contributed by atoms with Crippen molar-refractivity contribution in [3.05, 3.63) is 53.3 Å². The number of aromatic nitrogens is 2. The number of carbonyl (C=O) groups excluding carboxylic acids is 2. The molecule has 0 fully saturated rings. The van der Waals surface area contributed by atoms with Crippen molar-refractivity contribution in [1.82, 2.24) is 15.2 Å². The Balaban J connectivity index is 0.00000204. The maximum atomic E-state index is 13.0. The second-order valence-electron chi connectivity index (χ2n) is 6.59. The monoisotopic (exact) mass is 414 g/mol. The van der Waals surface area contributed by atoms with Crippen molar-refractivity contribution in [2.75, 3.05) is 5.43 Å². The molecule has 2 rings (SSSR count). The number of nitrogens with zero attached hydrogens (tertiary/aromatic N) is 2. The molecule has 1 heterocycles. The van der Waals surface area contributed by atoms with Crippen molar-refractivity contribution >= 4 is 12.0 Å². The molecular formula is C19H25F3N4O3. The van der Waals surface area contributed by atoms with Crippen LogP contribution in [-0.4, -0.2) is 27.5 Å². The van der Waals surface area contributed by atoms with E-state index in [0.29, 0.717) is 4.79 Å². The lowest BCUT2D eigenvalue weighted by atomic mass is 10.2. The lowest BCUT2D eigenvalue weighted by Crippen LogP contribution is -2.34. The van der Waals surface area contributed by atoms with Crippen LogP contribution in [-0.2, 0) is 17.5 Å². The van der Waals surface area contributed by atoms with E-state index >= 15 is 0 Å². The molecular weight excluding hydrogens is 389 g/mol. The highest BCUT2D eigenvalue weighted by Gasteiger charge is 2.35. The van der Waals surface area contributed by atoms with Crippen LogP contribution in [0.5, 0.6) is 0 Å². The first kappa shape index (κ1) is 24.0. The molecule has 0 unspecified atom stereocenters. The summed E-state index contributed by atoms with van der Waals surface area (Å²) in [5.41, 5.74) is 0.479. The fraction of sp³-hybridized carbons (Fsp3) is 0.421. The largest absolute Gasteiger partial charge is 0.444 e. The average molecular weight is 414 g/mol. The van der Waals surface area contributed by atoms with Gasteiger partial charge >= 0.3 is 12.3 Å². The molecule has 0 saturated carbocycles. The summed E-state index contributed by atoms with van der Waals surface area (Å²) in [6.45, 7) is 8.63. The van der Waals surface area contributed by atoms with Gasteiger partial charge in [-0.25, -0.2) is 10.2 Å². The van der Waals surface area contributed by atoms with Crippen molar-refractivity contribution in [2.45, 2.75) is 52.9 Å². The first-order chi connectivity index (χ1) is 13.5. The van der Waals surface area contributed by atoms with Gasteiger partial charge in [0, 0.05) is 5.56 Å². The van der Waals surface area contributed by atoms with Crippen molar-refractivity contribution in [1.29, 1.82) is 0 Å². The number of amides is 2. The van der Waals surface area contributed by atoms with Crippen LogP contribution in [0.15, 0.2) is 36.4 Å². The Hall–Kier alpha value is -3.04. The van der Waals surface area contributed by atoms with Crippen LogP contribution in [0.25, 0.3) is 0 Å². The molecule has 10 heteroatoms. The van der Waals surface area contributed by atoms with Crippen molar-refractivity contribution in [3.63, 3.8) is 0 Å². The van der Waals surface area contributed by atoms with Crippen LogP contribution in [0, 0.1) is 0 Å². The van der Waals surface area contributed by atoms with E-state index in [-0.39, 0.29) is 17.8 Å². The van der Waals surface area contributed by atoms with Gasteiger partial charge < -0.3 is 10.1 Å². The Bertz CT molecular complexity index is 812. The predicted molar refractivity (Wildman–Crippen MR) is 102 cm³/mol. The van der Waals surface area contributed by atoms with E-state index in [9.17, 15) is 22.8 Å². The second-order valence-corrected chi connectivity index (χ2v) is 6.59. The Morgan fingerprint density at radius 3 is 2.21 bits per heavy atom. The number of alkyl carbamates (subject to hydrolysis) is 1. The fourth-order valence-corrected chi connectivity index (χ4v) is 2.01. The minimum absolute atomic E-state index is 0.0718. The highest BCUT2D eigenvalue weighted by molar-refractivity contribution is 5.99. The van der Waals surface area contributed by atoms with Gasteiger partial charge in [-0.15, -0.1) is 5.10 Å². The van der Waals surface area contributed by atoms with Gasteiger partial charge in [0.25, 0.3) is 5.91 Å². The molecule has 0 aliphatic rings. The van der Waals surface area contributed by atoms with E-state index in [1.165, 1.54) is 12.1 Å². The molecule has 2 N–H and O–H groups in total. The molecule has 1 aromatic carbocycles. The van der Waals surface area contributed by atoms with Gasteiger partial charge in [0.15, 0.2) is 5.69 Å². The number of nitrogens with one attached hydrogen (secondary N) is 2. The number of hydrogen-bond acceptors (Lipinski definition) is 4. The van der Waals surface area contributed by atoms with Crippen LogP contribution in [0.4, 0.5) is 18.0 Å². The van der Waals surface area contributed by atoms with Crippen LogP contribution in [0.1, 0.15) is 56.4 Å². The number of carbonyl (C=O) groups is 2. The minimum atomic E-state index is -4.70. The molecule has 0 radical (unpaired) electrons. The molecule has 2 aromatic rings. The quantitative estimate of drug-likeness (QED) is 0.780. The molecule has 2 amide bonds. The summed E-state index contributed by atoms with van der Waals surface area (Å²) in [6, 6.07) is 8.67. The summed E-state index contributed by atoms with van der Waals surface area (Å²) in [4.78, 5) is 24.6. The molecule has 29 heavy (non-hydrogen) atoms. The summed E-state index contributed by atoms with van der Waals surface area (Å²) < 4.78 is 43.9. The average Bonchev–Trinajstić information content (AvgIpc) is 3.04. The van der Waals surface area contributed by atoms with Gasteiger partial charge in [-0.3, -0.25) is 4.79 Å². The third-order valence-corrected chi connectivity index (χ3v) is 3.13. The molecule has 0 saturated heterocycles. The molecule has 7 nitrogen and oxygen atoms in total. The van der Waals surface area contributed by atoms with E-state index in [2.05, 4.69) is 15.8 Å². The topological polar surface area (TPSA) is 85.2 Å². The first-order valence-electron chi connectivity index (χ1n) is 8.95. The third kappa shape index (κ3) is 7.84. The van der Waals surface area contributed by atoms with Gasteiger partial charge in [-0.2, -0.15) is 18.0 Å². The number of ether oxygens (including phenoxy) is 1. The molecule has 0 aliphatic heterocycles. The summed E-state index contributed by atoms with van der Waals surface area (Å²) >= 11 is 0. The van der Waals surface area contributed by atoms with E-state index < -0.39 is 29.5 Å². The normalized spacial score (nSPS) is 11.2. The number of alkyl halides is 3. The van der Waals surface area contributed by atoms with Crippen molar-refractivity contribution in [3.8, 4) is 0 Å². The summed E-state index contributed by atoms with van der Waals surface area (Å²) in [5, 5.41) is 5.70. The lowest BCUT2D eigenvalue weighted by molar-refractivity contribution is -0.141. The standard InChI is InChI=1S/C17H19F3N4O3.C2H6/c1-16(2,3)27-15(26)21-10-12-9-13(17(18,19)20)22-24(12)23-14(25)11-7-5-4-6-8-11;1-2/h4-9H,10H2,1-3H3,(H,21,26)(H,23,25);1-2H3. The van der Waals surface area contributed by atoms with E-state index in [1.807, 2.05) is 13.8 Å². The molecule has 160 valence electrons. The predicted octanol–water partition coefficient (Wildman–Crippen LogP) is 4.34. The third-order valence-electron chi connectivity index (χ3n) is 3.13. The Morgan fingerprint density at radius 1 is 1.10 bits per heavy atom. The van der Waals surface area contributed by atoms with E-state index in [1.54, 1.807) is 39.0 Å². The Morgan fingerprint density at radius 2 is 1.69 bits per heavy atom. The molecule has 1 aromatic heterocycles. The maximum Gasteiger partial charge on any atom is 0.435 e. The van der Waals surface area contributed by atoms with Crippen LogP contribution in [0.2, 0.25) is 0 Å². The van der Waals surface area contributed by atoms with Crippen LogP contribution < -0.4 is 10.7 Å². The Labute approximate surface area is 167 Å². The lowest BCUT2D eigenvalue weighted by Gasteiger charge is -2.19. The van der Waals surface area contributed by atoms with Crippen LogP contribution in [0.3, 0.4) is 0 Å². The number of hydrogen-bond donors (Lipinski definition) is 2. The van der Waals surface area contributed by atoms with Crippen molar-refractivity contribution in [2.24, 2.45) is 0 Å². The number of rotatable bonds is 4. The van der Waals surface area contributed by atoms with Gasteiger partial charge in [0.1, 0.15) is 5.60 Å². The summed E-state index contributed by atoms with van der Waals surface area (Å²) in [7, 11) is 0. The zero-order chi connectivity index (χ0) is 22.2. The smallest absolute Gasteiger partial charge is 0.435 e. The minimum Gasteiger partial charge on any atom is -0.444 e. The van der Waals surface area contributed by atoms with Gasteiger partial charge in [0.05, 0.1) is 12.2 Å². The summed E-state index contributed by atoms with van der Waals surface area (Å²) in [6.07, 6.45) is -5.51. The van der Waals surface area contributed by atoms with Gasteiger partial charge in [-0.05, 0) is 39.0 Å². The second kappa shape index (κ2) is 9.94. The molecule has 0 bridgehead atoms. The molecule has 0 atom stereocenters. The first-order valence-corrected chi connectivity index (χ1v) is 8.95. The van der Waals surface area contributed by atoms with Gasteiger partial charge in [0.2, 0.25) is 0 Å². The van der Waals surface area contributed by atoms with Crippen molar-refractivity contribution < 1.29 is 27.5 Å². The van der Waals surface area contributed by atoms with Gasteiger partial charge in [-0.1, -0.05) is 32.0 Å². The fourth-order valence-electron chi connectivity index (χ4n) is 2.01. The highest BCUT2D eigenvalue weighted by atomic mass is 19.4. The molecule has 0 spiro atoms. The van der Waals surface area contributed by atoms with E-state index in [0.717, 1.165) is 6.07 Å².